The molecule has 0 aromatic carbocycles. The second-order valence-corrected chi connectivity index (χ2v) is 3.92. The van der Waals surface area contributed by atoms with Crippen molar-refractivity contribution in [3.63, 3.8) is 0 Å². The summed E-state index contributed by atoms with van der Waals surface area (Å²) in [7, 11) is 0. The van der Waals surface area contributed by atoms with Crippen molar-refractivity contribution in [3.8, 4) is 0 Å². The first-order valence-electron chi connectivity index (χ1n) is 4.72. The molecule has 2 unspecified atom stereocenters. The molecule has 13 heavy (non-hydrogen) atoms. The predicted molar refractivity (Wildman–Crippen MR) is 43.8 cm³/mol. The van der Waals surface area contributed by atoms with Crippen molar-refractivity contribution in [2.75, 3.05) is 6.54 Å². The molecule has 2 rings (SSSR count). The Bertz CT molecular complexity index is 204. The number of piperidine rings is 1. The number of fused-ring (bicyclic) bond motifs is 2. The average Bonchev–Trinajstić information content (AvgIpc) is 2.32. The van der Waals surface area contributed by atoms with E-state index < -0.39 is 6.43 Å². The number of alkyl halides is 2. The zero-order valence-electron chi connectivity index (χ0n) is 7.38. The normalized spacial score (nSPS) is 34.5. The van der Waals surface area contributed by atoms with E-state index in [2.05, 4.69) is 0 Å². The first kappa shape index (κ1) is 9.06. The van der Waals surface area contributed by atoms with Crippen molar-refractivity contribution >= 4 is 5.78 Å². The standard InChI is InChI=1S/C9H13F2NO/c10-9(11)5-12-6-1-2-7(12)4-8(13)3-6/h6-7,9H,1-5H2. The SMILES string of the molecule is O=C1CC2CCC(C1)N2CC(F)F. The Labute approximate surface area is 75.9 Å². The summed E-state index contributed by atoms with van der Waals surface area (Å²) in [5.74, 6) is 0.248. The molecule has 2 nitrogen and oxygen atoms in total. The van der Waals surface area contributed by atoms with Crippen molar-refractivity contribution < 1.29 is 13.6 Å². The van der Waals surface area contributed by atoms with E-state index in [1.807, 2.05) is 4.90 Å². The van der Waals surface area contributed by atoms with Crippen molar-refractivity contribution in [3.05, 3.63) is 0 Å². The summed E-state index contributed by atoms with van der Waals surface area (Å²) in [6.07, 6.45) is 0.551. The molecule has 0 N–H and O–H groups in total. The van der Waals surface area contributed by atoms with Gasteiger partial charge in [0.15, 0.2) is 0 Å². The summed E-state index contributed by atoms with van der Waals surface area (Å²) in [6, 6.07) is 0.223. The zero-order valence-corrected chi connectivity index (χ0v) is 7.38. The number of nitrogens with zero attached hydrogens (tertiary/aromatic N) is 1. The van der Waals surface area contributed by atoms with E-state index in [-0.39, 0.29) is 24.4 Å². The summed E-state index contributed by atoms with van der Waals surface area (Å²) in [6.45, 7) is -0.150. The van der Waals surface area contributed by atoms with E-state index in [1.54, 1.807) is 0 Å². The number of Topliss-reactive ketones (excluding diaryl/α,β-unsaturated/α-hetero) is 1. The molecule has 2 bridgehead atoms. The molecular weight excluding hydrogens is 176 g/mol. The maximum atomic E-state index is 12.2. The highest BCUT2D eigenvalue weighted by molar-refractivity contribution is 5.80. The van der Waals surface area contributed by atoms with Crippen molar-refractivity contribution in [2.24, 2.45) is 0 Å². The lowest BCUT2D eigenvalue weighted by Crippen LogP contribution is -2.45. The van der Waals surface area contributed by atoms with E-state index in [9.17, 15) is 13.6 Å². The molecule has 0 aromatic rings. The number of halogens is 2. The second kappa shape index (κ2) is 3.33. The molecule has 2 saturated heterocycles. The van der Waals surface area contributed by atoms with Crippen molar-refractivity contribution in [2.45, 2.75) is 44.2 Å². The molecule has 2 atom stereocenters. The van der Waals surface area contributed by atoms with Crippen LogP contribution in [0.25, 0.3) is 0 Å². The largest absolute Gasteiger partial charge is 0.300 e. The Morgan fingerprint density at radius 1 is 1.31 bits per heavy atom. The summed E-state index contributed by atoms with van der Waals surface area (Å²) in [4.78, 5) is 13.0. The molecule has 0 aromatic heterocycles. The van der Waals surface area contributed by atoms with Gasteiger partial charge in [-0.25, -0.2) is 8.78 Å². The number of rotatable bonds is 2. The highest BCUT2D eigenvalue weighted by Crippen LogP contribution is 2.34. The van der Waals surface area contributed by atoms with Crippen LogP contribution >= 0.6 is 0 Å². The van der Waals surface area contributed by atoms with E-state index in [0.29, 0.717) is 12.8 Å². The van der Waals surface area contributed by atoms with Gasteiger partial charge in [0.1, 0.15) is 5.78 Å². The van der Waals surface area contributed by atoms with Gasteiger partial charge in [0.2, 0.25) is 0 Å². The van der Waals surface area contributed by atoms with Crippen LogP contribution in [-0.4, -0.2) is 35.7 Å². The Morgan fingerprint density at radius 2 is 1.85 bits per heavy atom. The van der Waals surface area contributed by atoms with Gasteiger partial charge in [-0.1, -0.05) is 0 Å². The van der Waals surface area contributed by atoms with Gasteiger partial charge in [-0.05, 0) is 12.8 Å². The fourth-order valence-corrected chi connectivity index (χ4v) is 2.52. The molecular formula is C9H13F2NO. The number of carbonyl (C=O) groups is 1. The Balaban J connectivity index is 2.02. The fraction of sp³-hybridized carbons (Fsp3) is 0.889. The third-order valence-corrected chi connectivity index (χ3v) is 3.05. The van der Waals surface area contributed by atoms with E-state index in [1.165, 1.54) is 0 Å². The molecule has 4 heteroatoms. The summed E-state index contributed by atoms with van der Waals surface area (Å²) < 4.78 is 24.3. The number of hydrogen-bond acceptors (Lipinski definition) is 2. The van der Waals surface area contributed by atoms with Crippen LogP contribution in [0.4, 0.5) is 8.78 Å². The molecule has 74 valence electrons. The maximum Gasteiger partial charge on any atom is 0.251 e. The van der Waals surface area contributed by atoms with Crippen LogP contribution in [0.3, 0.4) is 0 Å². The van der Waals surface area contributed by atoms with Gasteiger partial charge in [-0.15, -0.1) is 0 Å². The van der Waals surface area contributed by atoms with Crippen LogP contribution in [0, 0.1) is 0 Å². The summed E-state index contributed by atoms with van der Waals surface area (Å²) >= 11 is 0. The van der Waals surface area contributed by atoms with Crippen LogP contribution in [0.5, 0.6) is 0 Å². The highest BCUT2D eigenvalue weighted by Gasteiger charge is 2.40. The lowest BCUT2D eigenvalue weighted by molar-refractivity contribution is -0.124. The first-order valence-corrected chi connectivity index (χ1v) is 4.72. The molecule has 2 fully saturated rings. The van der Waals surface area contributed by atoms with Gasteiger partial charge in [-0.2, -0.15) is 0 Å². The topological polar surface area (TPSA) is 20.3 Å². The Kier molecular flexibility index (Phi) is 2.32. The smallest absolute Gasteiger partial charge is 0.251 e. The molecule has 0 amide bonds. The van der Waals surface area contributed by atoms with E-state index in [4.69, 9.17) is 0 Å². The van der Waals surface area contributed by atoms with Gasteiger partial charge in [0.05, 0.1) is 6.54 Å². The Morgan fingerprint density at radius 3 is 2.31 bits per heavy atom. The molecule has 0 radical (unpaired) electrons. The molecule has 0 aliphatic carbocycles. The van der Waals surface area contributed by atoms with Gasteiger partial charge in [0, 0.05) is 24.9 Å². The third kappa shape index (κ3) is 1.73. The summed E-state index contributed by atoms with van der Waals surface area (Å²) in [5, 5.41) is 0. The van der Waals surface area contributed by atoms with E-state index in [0.717, 1.165) is 12.8 Å². The minimum atomic E-state index is -2.27. The maximum absolute atomic E-state index is 12.2. The van der Waals surface area contributed by atoms with Crippen LogP contribution in [0.1, 0.15) is 25.7 Å². The number of hydrogen-bond donors (Lipinski definition) is 0. The van der Waals surface area contributed by atoms with Gasteiger partial charge in [-0.3, -0.25) is 9.69 Å². The predicted octanol–water partition coefficient (Wildman–Crippen LogP) is 1.45. The van der Waals surface area contributed by atoms with Crippen LogP contribution in [-0.2, 0) is 4.79 Å². The van der Waals surface area contributed by atoms with Gasteiger partial charge < -0.3 is 0 Å². The quantitative estimate of drug-likeness (QED) is 0.655. The van der Waals surface area contributed by atoms with Crippen LogP contribution in [0.15, 0.2) is 0 Å². The molecule has 2 heterocycles. The minimum absolute atomic E-state index is 0.111. The van der Waals surface area contributed by atoms with Crippen molar-refractivity contribution in [1.29, 1.82) is 0 Å². The third-order valence-electron chi connectivity index (χ3n) is 3.05. The summed E-state index contributed by atoms with van der Waals surface area (Å²) in [5.41, 5.74) is 0. The molecule has 2 aliphatic heterocycles. The van der Waals surface area contributed by atoms with E-state index >= 15 is 0 Å². The van der Waals surface area contributed by atoms with Gasteiger partial charge in [0.25, 0.3) is 6.43 Å². The van der Waals surface area contributed by atoms with Crippen molar-refractivity contribution in [1.82, 2.24) is 4.90 Å². The molecule has 2 aliphatic rings. The zero-order chi connectivity index (χ0) is 9.42. The highest BCUT2D eigenvalue weighted by atomic mass is 19.3. The molecule has 0 spiro atoms. The number of ketones is 1. The fourth-order valence-electron chi connectivity index (χ4n) is 2.52. The number of carbonyl (C=O) groups excluding carboxylic acids is 1. The first-order chi connectivity index (χ1) is 6.16. The Hall–Kier alpha value is -0.510. The molecule has 0 saturated carbocycles. The average molecular weight is 189 g/mol. The van der Waals surface area contributed by atoms with Crippen LogP contribution in [0.2, 0.25) is 0 Å². The lowest BCUT2D eigenvalue weighted by Gasteiger charge is -2.33. The second-order valence-electron chi connectivity index (χ2n) is 3.92. The monoisotopic (exact) mass is 189 g/mol. The van der Waals surface area contributed by atoms with Crippen LogP contribution < -0.4 is 0 Å². The minimum Gasteiger partial charge on any atom is -0.300 e. The van der Waals surface area contributed by atoms with Gasteiger partial charge >= 0.3 is 0 Å². The lowest BCUT2D eigenvalue weighted by atomic mass is 10.0.